The van der Waals surface area contributed by atoms with Gasteiger partial charge < -0.3 is 10.6 Å². The number of hydrogen-bond donors (Lipinski definition) is 1. The van der Waals surface area contributed by atoms with Crippen molar-refractivity contribution in [1.29, 1.82) is 0 Å². The van der Waals surface area contributed by atoms with Crippen LogP contribution in [0.2, 0.25) is 5.02 Å². The van der Waals surface area contributed by atoms with Crippen molar-refractivity contribution in [2.45, 2.75) is 36.6 Å². The Bertz CT molecular complexity index is 479. The van der Waals surface area contributed by atoms with E-state index in [1.54, 1.807) is 11.8 Å². The van der Waals surface area contributed by atoms with Gasteiger partial charge in [0.2, 0.25) is 0 Å². The van der Waals surface area contributed by atoms with Crippen molar-refractivity contribution < 1.29 is 4.79 Å². The molecule has 2 N–H and O–H groups in total. The molecule has 1 amide bonds. The summed E-state index contributed by atoms with van der Waals surface area (Å²) in [6.07, 6.45) is 6.14. The van der Waals surface area contributed by atoms with Gasteiger partial charge in [0.15, 0.2) is 0 Å². The predicted molar refractivity (Wildman–Crippen MR) is 85.6 cm³/mol. The third-order valence-electron chi connectivity index (χ3n) is 3.79. The third-order valence-corrected chi connectivity index (χ3v) is 4.85. The lowest BCUT2D eigenvalue weighted by atomic mass is 9.98. The average Bonchev–Trinajstić information content (AvgIpc) is 2.48. The Labute approximate surface area is 129 Å². The summed E-state index contributed by atoms with van der Waals surface area (Å²) >= 11 is 7.83. The first kappa shape index (κ1) is 15.7. The molecule has 3 nitrogen and oxygen atoms in total. The number of thioether (sulfide) groups is 1. The van der Waals surface area contributed by atoms with Crippen molar-refractivity contribution in [3.8, 4) is 0 Å². The van der Waals surface area contributed by atoms with Gasteiger partial charge in [-0.3, -0.25) is 4.79 Å². The molecule has 0 aliphatic carbocycles. The summed E-state index contributed by atoms with van der Waals surface area (Å²) in [6, 6.07) is 5.90. The molecular formula is C15H21ClN2OS. The number of amides is 1. The smallest absolute Gasteiger partial charge is 0.255 e. The monoisotopic (exact) mass is 312 g/mol. The topological polar surface area (TPSA) is 46.3 Å². The Morgan fingerprint density at radius 2 is 2.30 bits per heavy atom. The minimum Gasteiger partial charge on any atom is -0.336 e. The second-order valence-electron chi connectivity index (χ2n) is 5.07. The normalized spacial score (nSPS) is 19.1. The second kappa shape index (κ2) is 7.34. The fourth-order valence-corrected chi connectivity index (χ4v) is 3.35. The van der Waals surface area contributed by atoms with Crippen LogP contribution in [0.25, 0.3) is 0 Å². The molecule has 0 bridgehead atoms. The molecule has 5 heteroatoms. The Morgan fingerprint density at radius 3 is 3.00 bits per heavy atom. The number of nitrogens with zero attached hydrogens (tertiary/aromatic N) is 1. The molecule has 1 atom stereocenters. The molecule has 1 fully saturated rings. The van der Waals surface area contributed by atoms with Crippen molar-refractivity contribution in [3.63, 3.8) is 0 Å². The Balaban J connectivity index is 2.24. The number of halogens is 1. The SMILES string of the molecule is CSc1ccc(Cl)c(C(=O)N2CCCCC2CCN)c1. The Hall–Kier alpha value is -0.710. The lowest BCUT2D eigenvalue weighted by Crippen LogP contribution is -2.44. The van der Waals surface area contributed by atoms with Crippen LogP contribution in [-0.4, -0.2) is 36.2 Å². The molecule has 0 saturated carbocycles. The number of carbonyl (C=O) groups excluding carboxylic acids is 1. The summed E-state index contributed by atoms with van der Waals surface area (Å²) in [6.45, 7) is 1.43. The first-order valence-corrected chi connectivity index (χ1v) is 8.62. The lowest BCUT2D eigenvalue weighted by Gasteiger charge is -2.36. The molecule has 1 unspecified atom stereocenters. The van der Waals surface area contributed by atoms with Gasteiger partial charge in [0.05, 0.1) is 10.6 Å². The van der Waals surface area contributed by atoms with Crippen molar-refractivity contribution in [2.24, 2.45) is 5.73 Å². The highest BCUT2D eigenvalue weighted by Crippen LogP contribution is 2.27. The van der Waals surface area contributed by atoms with E-state index in [4.69, 9.17) is 17.3 Å². The van der Waals surface area contributed by atoms with Crippen molar-refractivity contribution >= 4 is 29.3 Å². The molecule has 20 heavy (non-hydrogen) atoms. The van der Waals surface area contributed by atoms with Crippen LogP contribution in [0.1, 0.15) is 36.0 Å². The van der Waals surface area contributed by atoms with Crippen LogP contribution in [0.15, 0.2) is 23.1 Å². The predicted octanol–water partition coefficient (Wildman–Crippen LogP) is 3.41. The number of benzene rings is 1. The maximum Gasteiger partial charge on any atom is 0.255 e. The number of nitrogens with two attached hydrogens (primary N) is 1. The first-order valence-electron chi connectivity index (χ1n) is 7.02. The minimum absolute atomic E-state index is 0.0454. The summed E-state index contributed by atoms with van der Waals surface area (Å²) in [5, 5.41) is 0.532. The molecule has 0 spiro atoms. The summed E-state index contributed by atoms with van der Waals surface area (Å²) in [4.78, 5) is 15.8. The van der Waals surface area contributed by atoms with Gasteiger partial charge in [-0.1, -0.05) is 11.6 Å². The van der Waals surface area contributed by atoms with Gasteiger partial charge in [0.1, 0.15) is 0 Å². The summed E-state index contributed by atoms with van der Waals surface area (Å²) in [5.41, 5.74) is 6.28. The van der Waals surface area contributed by atoms with Crippen molar-refractivity contribution in [1.82, 2.24) is 4.90 Å². The Morgan fingerprint density at radius 1 is 1.50 bits per heavy atom. The molecular weight excluding hydrogens is 292 g/mol. The number of carbonyl (C=O) groups is 1. The average molecular weight is 313 g/mol. The Kier molecular flexibility index (Phi) is 5.75. The van der Waals surface area contributed by atoms with Crippen LogP contribution in [0.3, 0.4) is 0 Å². The zero-order valence-corrected chi connectivity index (χ0v) is 13.3. The van der Waals surface area contributed by atoms with E-state index in [1.807, 2.05) is 29.4 Å². The quantitative estimate of drug-likeness (QED) is 0.867. The van der Waals surface area contributed by atoms with Gasteiger partial charge in [-0.05, 0) is 56.7 Å². The fraction of sp³-hybridized carbons (Fsp3) is 0.533. The van der Waals surface area contributed by atoms with Crippen LogP contribution in [0, 0.1) is 0 Å². The number of piperidine rings is 1. The van der Waals surface area contributed by atoms with E-state index in [2.05, 4.69) is 0 Å². The minimum atomic E-state index is 0.0454. The maximum atomic E-state index is 12.8. The van der Waals surface area contributed by atoms with Crippen molar-refractivity contribution in [2.75, 3.05) is 19.3 Å². The van der Waals surface area contributed by atoms with Gasteiger partial charge in [0, 0.05) is 17.5 Å². The summed E-state index contributed by atoms with van der Waals surface area (Å²) in [7, 11) is 0. The lowest BCUT2D eigenvalue weighted by molar-refractivity contribution is 0.0605. The molecule has 0 radical (unpaired) electrons. The van der Waals surface area contributed by atoms with E-state index in [1.165, 1.54) is 6.42 Å². The van der Waals surface area contributed by atoms with Crippen LogP contribution in [0.5, 0.6) is 0 Å². The highest BCUT2D eigenvalue weighted by Gasteiger charge is 2.28. The van der Waals surface area contributed by atoms with Crippen LogP contribution in [0.4, 0.5) is 0 Å². The molecule has 0 aromatic heterocycles. The second-order valence-corrected chi connectivity index (χ2v) is 6.36. The van der Waals surface area contributed by atoms with Crippen LogP contribution in [-0.2, 0) is 0 Å². The standard InChI is InChI=1S/C15H21ClN2OS/c1-20-12-5-6-14(16)13(10-12)15(19)18-9-3-2-4-11(18)7-8-17/h5-6,10-11H,2-4,7-9,17H2,1H3. The third kappa shape index (κ3) is 3.48. The zero-order valence-electron chi connectivity index (χ0n) is 11.8. The molecule has 1 aromatic carbocycles. The zero-order chi connectivity index (χ0) is 14.5. The number of likely N-dealkylation sites (tertiary alicyclic amines) is 1. The molecule has 1 aromatic rings. The molecule has 1 saturated heterocycles. The molecule has 1 heterocycles. The fourth-order valence-electron chi connectivity index (χ4n) is 2.71. The van der Waals surface area contributed by atoms with Gasteiger partial charge in [-0.25, -0.2) is 0 Å². The maximum absolute atomic E-state index is 12.8. The largest absolute Gasteiger partial charge is 0.336 e. The molecule has 1 aliphatic rings. The van der Waals surface area contributed by atoms with Gasteiger partial charge in [0.25, 0.3) is 5.91 Å². The van der Waals surface area contributed by atoms with E-state index in [0.29, 0.717) is 17.1 Å². The highest BCUT2D eigenvalue weighted by molar-refractivity contribution is 7.98. The highest BCUT2D eigenvalue weighted by atomic mass is 35.5. The van der Waals surface area contributed by atoms with E-state index >= 15 is 0 Å². The van der Waals surface area contributed by atoms with Crippen molar-refractivity contribution in [3.05, 3.63) is 28.8 Å². The molecule has 2 rings (SSSR count). The molecule has 1 aliphatic heterocycles. The van der Waals surface area contributed by atoms with E-state index in [9.17, 15) is 4.79 Å². The summed E-state index contributed by atoms with van der Waals surface area (Å²) < 4.78 is 0. The van der Waals surface area contributed by atoms with Crippen LogP contribution < -0.4 is 5.73 Å². The van der Waals surface area contributed by atoms with Gasteiger partial charge >= 0.3 is 0 Å². The number of rotatable bonds is 4. The van der Waals surface area contributed by atoms with Crippen LogP contribution >= 0.6 is 23.4 Å². The van der Waals surface area contributed by atoms with Gasteiger partial charge in [-0.15, -0.1) is 11.8 Å². The van der Waals surface area contributed by atoms with E-state index in [0.717, 1.165) is 30.7 Å². The summed E-state index contributed by atoms with van der Waals surface area (Å²) in [5.74, 6) is 0.0454. The molecule has 110 valence electrons. The first-order chi connectivity index (χ1) is 9.67. The van der Waals surface area contributed by atoms with Gasteiger partial charge in [-0.2, -0.15) is 0 Å². The van der Waals surface area contributed by atoms with E-state index in [-0.39, 0.29) is 11.9 Å². The number of hydrogen-bond acceptors (Lipinski definition) is 3. The van der Waals surface area contributed by atoms with E-state index < -0.39 is 0 Å².